The summed E-state index contributed by atoms with van der Waals surface area (Å²) in [4.78, 5) is 0. The molecular weight excluding hydrogens is 468 g/mol. The molecule has 6 aliphatic rings. The van der Waals surface area contributed by atoms with Crippen LogP contribution in [-0.2, 0) is 9.47 Å². The SMILES string of the molecule is CO[C@H]1O[C@H]2CC[C@]13C(CC[C@]1(C)[C@@H]3[C@H](O)C[C@@H]3[C@@H](/C(C)=C/[C@H](O)C(O)C(C)(C)O)CC[C@]31C)C2(C)C. The zero-order chi connectivity index (χ0) is 27.3. The van der Waals surface area contributed by atoms with Crippen molar-refractivity contribution in [2.45, 2.75) is 130 Å². The average molecular weight is 521 g/mol. The van der Waals surface area contributed by atoms with Gasteiger partial charge >= 0.3 is 0 Å². The summed E-state index contributed by atoms with van der Waals surface area (Å²) in [6, 6.07) is 0. The molecule has 2 unspecified atom stereocenters. The summed E-state index contributed by atoms with van der Waals surface area (Å²) in [6.45, 7) is 14.7. The molecule has 4 N–H and O–H groups in total. The smallest absolute Gasteiger partial charge is 0.163 e. The van der Waals surface area contributed by atoms with E-state index < -0.39 is 23.9 Å². The minimum atomic E-state index is -1.38. The predicted octanol–water partition coefficient (Wildman–Crippen LogP) is 4.43. The van der Waals surface area contributed by atoms with E-state index in [9.17, 15) is 20.4 Å². The molecule has 6 rings (SSSR count). The molecule has 0 aromatic rings. The molecule has 37 heavy (non-hydrogen) atoms. The predicted molar refractivity (Wildman–Crippen MR) is 142 cm³/mol. The van der Waals surface area contributed by atoms with E-state index in [-0.39, 0.29) is 45.9 Å². The van der Waals surface area contributed by atoms with Crippen molar-refractivity contribution in [2.75, 3.05) is 7.11 Å². The number of allylic oxidation sites excluding steroid dienone is 1. The molecular formula is C31H52O6. The lowest BCUT2D eigenvalue weighted by molar-refractivity contribution is -0.390. The van der Waals surface area contributed by atoms with Crippen molar-refractivity contribution >= 4 is 0 Å². The van der Waals surface area contributed by atoms with Crippen LogP contribution in [0.3, 0.4) is 0 Å². The van der Waals surface area contributed by atoms with E-state index in [1.807, 2.05) is 6.92 Å². The van der Waals surface area contributed by atoms with Gasteiger partial charge in [-0.2, -0.15) is 0 Å². The first kappa shape index (κ1) is 28.0. The zero-order valence-electron chi connectivity index (χ0n) is 24.3. The molecule has 12 atom stereocenters. The van der Waals surface area contributed by atoms with Crippen molar-refractivity contribution in [1.82, 2.24) is 0 Å². The maximum Gasteiger partial charge on any atom is 0.163 e. The fraction of sp³-hybridized carbons (Fsp3) is 0.935. The normalized spacial score (nSPS) is 50.7. The second-order valence-corrected chi connectivity index (χ2v) is 15.1. The van der Waals surface area contributed by atoms with E-state index in [0.717, 1.165) is 50.5 Å². The molecule has 4 aliphatic carbocycles. The summed E-state index contributed by atoms with van der Waals surface area (Å²) in [7, 11) is 1.78. The summed E-state index contributed by atoms with van der Waals surface area (Å²) in [5.74, 6) is 1.14. The summed E-state index contributed by atoms with van der Waals surface area (Å²) in [5, 5.41) is 43.4. The minimum Gasteiger partial charge on any atom is -0.393 e. The highest BCUT2D eigenvalue weighted by Gasteiger charge is 2.76. The fourth-order valence-corrected chi connectivity index (χ4v) is 11.0. The number of hydrogen-bond acceptors (Lipinski definition) is 6. The Morgan fingerprint density at radius 2 is 1.68 bits per heavy atom. The Labute approximate surface area is 223 Å². The van der Waals surface area contributed by atoms with E-state index in [0.29, 0.717) is 11.8 Å². The second-order valence-electron chi connectivity index (χ2n) is 15.1. The van der Waals surface area contributed by atoms with E-state index in [2.05, 4.69) is 27.7 Å². The first-order valence-corrected chi connectivity index (χ1v) is 14.7. The van der Waals surface area contributed by atoms with Crippen LogP contribution < -0.4 is 0 Å². The van der Waals surface area contributed by atoms with Crippen LogP contribution in [0.1, 0.15) is 93.4 Å². The van der Waals surface area contributed by atoms with Gasteiger partial charge in [-0.15, -0.1) is 0 Å². The Morgan fingerprint density at radius 1 is 1.03 bits per heavy atom. The Bertz CT molecular complexity index is 923. The summed E-state index contributed by atoms with van der Waals surface area (Å²) < 4.78 is 12.7. The van der Waals surface area contributed by atoms with Gasteiger partial charge in [-0.05, 0) is 99.7 Å². The van der Waals surface area contributed by atoms with Crippen molar-refractivity contribution in [1.29, 1.82) is 0 Å². The highest BCUT2D eigenvalue weighted by atomic mass is 16.7. The van der Waals surface area contributed by atoms with Gasteiger partial charge in [0.25, 0.3) is 0 Å². The topological polar surface area (TPSA) is 99.4 Å². The molecule has 2 heterocycles. The van der Waals surface area contributed by atoms with Crippen molar-refractivity contribution in [3.05, 3.63) is 11.6 Å². The van der Waals surface area contributed by atoms with Crippen LogP contribution in [0.4, 0.5) is 0 Å². The van der Waals surface area contributed by atoms with Crippen molar-refractivity contribution in [2.24, 2.45) is 45.3 Å². The van der Waals surface area contributed by atoms with Crippen LogP contribution in [0.15, 0.2) is 11.6 Å². The van der Waals surface area contributed by atoms with Gasteiger partial charge in [-0.1, -0.05) is 39.3 Å². The zero-order valence-corrected chi connectivity index (χ0v) is 24.3. The number of rotatable bonds is 5. The maximum atomic E-state index is 12.1. The van der Waals surface area contributed by atoms with Crippen LogP contribution in [0.25, 0.3) is 0 Å². The molecule has 6 nitrogen and oxygen atoms in total. The highest BCUT2D eigenvalue weighted by Crippen LogP contribution is 2.78. The van der Waals surface area contributed by atoms with Crippen molar-refractivity contribution in [3.63, 3.8) is 0 Å². The van der Waals surface area contributed by atoms with Crippen LogP contribution in [0.2, 0.25) is 0 Å². The van der Waals surface area contributed by atoms with Gasteiger partial charge in [-0.3, -0.25) is 0 Å². The number of aliphatic hydroxyl groups excluding tert-OH is 3. The Morgan fingerprint density at radius 3 is 2.30 bits per heavy atom. The second kappa shape index (κ2) is 8.75. The Kier molecular flexibility index (Phi) is 6.63. The van der Waals surface area contributed by atoms with Gasteiger partial charge in [0.1, 0.15) is 12.2 Å². The van der Waals surface area contributed by atoms with Crippen molar-refractivity contribution < 1.29 is 29.9 Å². The number of hydrogen-bond donors (Lipinski definition) is 4. The lowest BCUT2D eigenvalue weighted by Crippen LogP contribution is -2.74. The van der Waals surface area contributed by atoms with Gasteiger partial charge in [0.2, 0.25) is 0 Å². The monoisotopic (exact) mass is 520 g/mol. The summed E-state index contributed by atoms with van der Waals surface area (Å²) in [5.41, 5.74) is -0.431. The molecule has 2 saturated heterocycles. The third kappa shape index (κ3) is 3.65. The molecule has 6 heteroatoms. The molecule has 4 saturated carbocycles. The maximum absolute atomic E-state index is 12.1. The molecule has 6 fully saturated rings. The van der Waals surface area contributed by atoms with E-state index >= 15 is 0 Å². The van der Waals surface area contributed by atoms with Crippen LogP contribution in [0, 0.1) is 45.3 Å². The molecule has 0 aromatic carbocycles. The molecule has 2 bridgehead atoms. The van der Waals surface area contributed by atoms with E-state index in [1.165, 1.54) is 13.8 Å². The quantitative estimate of drug-likeness (QED) is 0.400. The molecule has 0 aromatic heterocycles. The number of ether oxygens (including phenoxy) is 2. The first-order chi connectivity index (χ1) is 17.1. The Hall–Kier alpha value is -0.500. The largest absolute Gasteiger partial charge is 0.393 e. The van der Waals surface area contributed by atoms with Crippen LogP contribution in [0.5, 0.6) is 0 Å². The first-order valence-electron chi connectivity index (χ1n) is 14.7. The van der Waals surface area contributed by atoms with Gasteiger partial charge in [-0.25, -0.2) is 0 Å². The van der Waals surface area contributed by atoms with Gasteiger partial charge < -0.3 is 29.9 Å². The minimum absolute atomic E-state index is 0.0485. The molecule has 0 amide bonds. The Balaban J connectivity index is 1.50. The fourth-order valence-electron chi connectivity index (χ4n) is 11.0. The lowest BCUT2D eigenvalue weighted by atomic mass is 9.33. The van der Waals surface area contributed by atoms with E-state index in [4.69, 9.17) is 9.47 Å². The standard InChI is InChI=1S/C31H52O6/c1-17(15-21(33)25(34)28(4,5)35)18-9-12-29(6)19(18)16-20(32)24-30(29,7)13-10-22-27(2,3)23-11-14-31(22,24)26(36-8)37-23/h15,18-26,32-35H,9-14,16H2,1-8H3/b17-15+/t18-,19-,20-,21+,22?,23+,24+,25?,26+,29-,30-,31-/m1/s1. The lowest BCUT2D eigenvalue weighted by Gasteiger charge is -2.74. The third-order valence-electron chi connectivity index (χ3n) is 12.9. The number of methoxy groups -OCH3 is 1. The molecule has 212 valence electrons. The average Bonchev–Trinajstić information content (AvgIpc) is 3.15. The number of fused-ring (bicyclic) bond motifs is 5. The molecule has 1 spiro atoms. The molecule has 0 radical (unpaired) electrons. The summed E-state index contributed by atoms with van der Waals surface area (Å²) in [6.07, 6.45) is 6.07. The third-order valence-corrected chi connectivity index (χ3v) is 12.9. The summed E-state index contributed by atoms with van der Waals surface area (Å²) >= 11 is 0. The van der Waals surface area contributed by atoms with E-state index in [1.54, 1.807) is 13.2 Å². The van der Waals surface area contributed by atoms with Crippen molar-refractivity contribution in [3.8, 4) is 0 Å². The van der Waals surface area contributed by atoms with Crippen LogP contribution >= 0.6 is 0 Å². The van der Waals surface area contributed by atoms with Gasteiger partial charge in [0, 0.05) is 18.4 Å². The highest BCUT2D eigenvalue weighted by molar-refractivity contribution is 5.25. The number of aliphatic hydroxyl groups is 4. The van der Waals surface area contributed by atoms with Crippen LogP contribution in [-0.4, -0.2) is 63.8 Å². The van der Waals surface area contributed by atoms with Gasteiger partial charge in [0.15, 0.2) is 6.29 Å². The van der Waals surface area contributed by atoms with Gasteiger partial charge in [0.05, 0.1) is 17.8 Å². The molecule has 2 aliphatic heterocycles.